The number of fused-ring (bicyclic) bond motifs is 1. The van der Waals surface area contributed by atoms with Crippen molar-refractivity contribution >= 4 is 40.0 Å². The molecular formula is C28H22ClF4N3O2. The molecule has 2 amide bonds. The van der Waals surface area contributed by atoms with Gasteiger partial charge in [0.05, 0.1) is 10.6 Å². The summed E-state index contributed by atoms with van der Waals surface area (Å²) in [6.45, 7) is -0.170. The summed E-state index contributed by atoms with van der Waals surface area (Å²) in [7, 11) is 1.89. The first-order valence-corrected chi connectivity index (χ1v) is 12.2. The summed E-state index contributed by atoms with van der Waals surface area (Å²) >= 11 is 6.23. The Bertz CT molecular complexity index is 1560. The van der Waals surface area contributed by atoms with Gasteiger partial charge in [-0.15, -0.1) is 0 Å². The second-order valence-corrected chi connectivity index (χ2v) is 9.81. The van der Waals surface area contributed by atoms with Crippen molar-refractivity contribution < 1.29 is 27.2 Å². The Morgan fingerprint density at radius 3 is 2.37 bits per heavy atom. The van der Waals surface area contributed by atoms with E-state index in [1.165, 1.54) is 24.3 Å². The number of nitrogens with one attached hydrogen (secondary N) is 2. The largest absolute Gasteiger partial charge is 0.403 e. The van der Waals surface area contributed by atoms with Gasteiger partial charge in [0.25, 0.3) is 5.91 Å². The van der Waals surface area contributed by atoms with Gasteiger partial charge in [0.1, 0.15) is 11.2 Å². The van der Waals surface area contributed by atoms with Gasteiger partial charge in [-0.2, -0.15) is 13.2 Å². The molecule has 0 spiro atoms. The second-order valence-electron chi connectivity index (χ2n) is 9.40. The van der Waals surface area contributed by atoms with E-state index < -0.39 is 23.4 Å². The van der Waals surface area contributed by atoms with Crippen LogP contribution in [0.3, 0.4) is 0 Å². The van der Waals surface area contributed by atoms with E-state index in [9.17, 15) is 27.2 Å². The number of halogens is 5. The van der Waals surface area contributed by atoms with Gasteiger partial charge >= 0.3 is 6.18 Å². The number of nitrogens with zero attached hydrogens (tertiary/aromatic N) is 1. The third kappa shape index (κ3) is 4.74. The summed E-state index contributed by atoms with van der Waals surface area (Å²) in [5.41, 5.74) is 1.38. The van der Waals surface area contributed by atoms with Crippen LogP contribution in [-0.2, 0) is 18.4 Å². The van der Waals surface area contributed by atoms with E-state index in [0.717, 1.165) is 22.2 Å². The molecule has 10 heteroatoms. The van der Waals surface area contributed by atoms with Crippen LogP contribution >= 0.6 is 11.6 Å². The molecule has 0 aliphatic heterocycles. The van der Waals surface area contributed by atoms with Crippen LogP contribution in [0.2, 0.25) is 5.02 Å². The molecule has 1 aliphatic rings. The lowest BCUT2D eigenvalue weighted by molar-refractivity contribution is -0.192. The highest BCUT2D eigenvalue weighted by Gasteiger charge is 2.68. The number of amides is 2. The van der Waals surface area contributed by atoms with Crippen molar-refractivity contribution in [3.05, 3.63) is 88.7 Å². The molecule has 38 heavy (non-hydrogen) atoms. The molecule has 3 aromatic carbocycles. The van der Waals surface area contributed by atoms with E-state index in [-0.39, 0.29) is 35.8 Å². The molecule has 4 aromatic rings. The van der Waals surface area contributed by atoms with Gasteiger partial charge in [0, 0.05) is 35.9 Å². The molecule has 0 radical (unpaired) electrons. The Morgan fingerprint density at radius 1 is 1.00 bits per heavy atom. The van der Waals surface area contributed by atoms with Gasteiger partial charge in [0.2, 0.25) is 5.91 Å². The van der Waals surface area contributed by atoms with Crippen LogP contribution in [-0.4, -0.2) is 22.6 Å². The number of alkyl halides is 3. The van der Waals surface area contributed by atoms with E-state index in [2.05, 4.69) is 10.6 Å². The van der Waals surface area contributed by atoms with Crippen LogP contribution in [0, 0.1) is 11.2 Å². The number of carbonyl (C=O) groups excluding carboxylic acids is 2. The Labute approximate surface area is 220 Å². The predicted molar refractivity (Wildman–Crippen MR) is 137 cm³/mol. The smallest absolute Gasteiger partial charge is 0.351 e. The zero-order valence-electron chi connectivity index (χ0n) is 20.1. The highest BCUT2D eigenvalue weighted by Crippen LogP contribution is 2.57. The molecule has 5 nitrogen and oxygen atoms in total. The topological polar surface area (TPSA) is 63.1 Å². The van der Waals surface area contributed by atoms with E-state index >= 15 is 0 Å². The Balaban J connectivity index is 1.32. The van der Waals surface area contributed by atoms with Crippen LogP contribution in [0.15, 0.2) is 66.7 Å². The first kappa shape index (κ1) is 25.8. The minimum atomic E-state index is -4.60. The number of aryl methyl sites for hydroxylation is 1. The number of hydrogen-bond acceptors (Lipinski definition) is 2. The lowest BCUT2D eigenvalue weighted by Crippen LogP contribution is -2.40. The van der Waals surface area contributed by atoms with Crippen LogP contribution in [0.25, 0.3) is 22.2 Å². The Kier molecular flexibility index (Phi) is 6.43. The maximum absolute atomic E-state index is 13.3. The monoisotopic (exact) mass is 543 g/mol. The summed E-state index contributed by atoms with van der Waals surface area (Å²) in [5, 5.41) is 6.14. The minimum absolute atomic E-state index is 0.121. The zero-order valence-corrected chi connectivity index (χ0v) is 20.9. The number of carbonyl (C=O) groups is 2. The van der Waals surface area contributed by atoms with Crippen LogP contribution in [0.4, 0.5) is 23.2 Å². The molecule has 1 saturated carbocycles. The molecule has 1 fully saturated rings. The van der Waals surface area contributed by atoms with Gasteiger partial charge in [-0.05, 0) is 84.6 Å². The standard InChI is InChI=1S/C28H22ClF4N3O2/c1-36-23-9-7-20(13-18(23)14-24(36)17-3-5-19(30)6-4-17)35-25(37)21-12-16(2-8-22(21)29)15-34-26(38)27(10-11-27)28(31,32)33/h2-9,12-14H,10-11,15H2,1H3,(H,34,38)(H,35,37). The van der Waals surface area contributed by atoms with Crippen molar-refractivity contribution in [3.63, 3.8) is 0 Å². The van der Waals surface area contributed by atoms with Crippen molar-refractivity contribution in [3.8, 4) is 11.3 Å². The second kappa shape index (κ2) is 9.47. The maximum atomic E-state index is 13.3. The molecule has 0 saturated heterocycles. The molecule has 0 bridgehead atoms. The molecular weight excluding hydrogens is 522 g/mol. The quantitative estimate of drug-likeness (QED) is 0.261. The van der Waals surface area contributed by atoms with Crippen LogP contribution in [0.1, 0.15) is 28.8 Å². The maximum Gasteiger partial charge on any atom is 0.403 e. The fraction of sp³-hybridized carbons (Fsp3) is 0.214. The highest BCUT2D eigenvalue weighted by atomic mass is 35.5. The molecule has 196 valence electrons. The summed E-state index contributed by atoms with van der Waals surface area (Å²) in [6.07, 6.45) is -5.05. The van der Waals surface area contributed by atoms with Gasteiger partial charge in [0.15, 0.2) is 0 Å². The van der Waals surface area contributed by atoms with Gasteiger partial charge in [-0.1, -0.05) is 17.7 Å². The predicted octanol–water partition coefficient (Wildman–Crippen LogP) is 6.85. The summed E-state index contributed by atoms with van der Waals surface area (Å²) < 4.78 is 54.8. The highest BCUT2D eigenvalue weighted by molar-refractivity contribution is 6.34. The van der Waals surface area contributed by atoms with Gasteiger partial charge < -0.3 is 15.2 Å². The molecule has 2 N–H and O–H groups in total. The summed E-state index contributed by atoms with van der Waals surface area (Å²) in [6, 6.07) is 17.9. The van der Waals surface area contributed by atoms with E-state index in [1.807, 2.05) is 23.7 Å². The van der Waals surface area contributed by atoms with Crippen molar-refractivity contribution in [1.29, 1.82) is 0 Å². The number of rotatable bonds is 6. The van der Waals surface area contributed by atoms with Crippen LogP contribution < -0.4 is 10.6 Å². The lowest BCUT2D eigenvalue weighted by Gasteiger charge is -2.18. The first-order chi connectivity index (χ1) is 18.0. The number of anilines is 1. The molecule has 1 aromatic heterocycles. The van der Waals surface area contributed by atoms with Crippen molar-refractivity contribution in [1.82, 2.24) is 9.88 Å². The van der Waals surface area contributed by atoms with Gasteiger partial charge in [-0.3, -0.25) is 9.59 Å². The van der Waals surface area contributed by atoms with E-state index in [0.29, 0.717) is 11.3 Å². The number of aromatic nitrogens is 1. The van der Waals surface area contributed by atoms with Crippen molar-refractivity contribution in [2.24, 2.45) is 12.5 Å². The minimum Gasteiger partial charge on any atom is -0.351 e. The third-order valence-electron chi connectivity index (χ3n) is 6.90. The van der Waals surface area contributed by atoms with E-state index in [4.69, 9.17) is 11.6 Å². The molecule has 0 atom stereocenters. The normalized spacial score (nSPS) is 14.4. The number of hydrogen-bond donors (Lipinski definition) is 2. The summed E-state index contributed by atoms with van der Waals surface area (Å²) in [4.78, 5) is 25.2. The fourth-order valence-corrected chi connectivity index (χ4v) is 4.70. The molecule has 1 heterocycles. The first-order valence-electron chi connectivity index (χ1n) is 11.8. The summed E-state index contributed by atoms with van der Waals surface area (Å²) in [5.74, 6) is -1.90. The van der Waals surface area contributed by atoms with Crippen molar-refractivity contribution in [2.45, 2.75) is 25.6 Å². The Hall–Kier alpha value is -3.85. The third-order valence-corrected chi connectivity index (χ3v) is 7.23. The van der Waals surface area contributed by atoms with Crippen LogP contribution in [0.5, 0.6) is 0 Å². The molecule has 5 rings (SSSR count). The van der Waals surface area contributed by atoms with Gasteiger partial charge in [-0.25, -0.2) is 4.39 Å². The lowest BCUT2D eigenvalue weighted by atomic mass is 10.1. The van der Waals surface area contributed by atoms with Crippen molar-refractivity contribution in [2.75, 3.05) is 5.32 Å². The average molecular weight is 544 g/mol. The molecule has 1 aliphatic carbocycles. The SMILES string of the molecule is Cn1c(-c2ccc(F)cc2)cc2cc(NC(=O)c3cc(CNC(=O)C4(C(F)(F)F)CC4)ccc3Cl)ccc21. The fourth-order valence-electron chi connectivity index (χ4n) is 4.50. The Morgan fingerprint density at radius 2 is 1.71 bits per heavy atom. The van der Waals surface area contributed by atoms with E-state index in [1.54, 1.807) is 30.3 Å². The zero-order chi connectivity index (χ0) is 27.2. The average Bonchev–Trinajstić information content (AvgIpc) is 3.64. The molecule has 0 unspecified atom stereocenters. The number of benzene rings is 3.